The van der Waals surface area contributed by atoms with E-state index in [0.717, 1.165) is 87.2 Å². The molecule has 4 aliphatic rings. The molecule has 1 N–H and O–H groups in total. The van der Waals surface area contributed by atoms with Crippen LogP contribution in [0.2, 0.25) is 5.02 Å². The number of hydrogen-bond donors (Lipinski definition) is 1. The van der Waals surface area contributed by atoms with Gasteiger partial charge in [-0.3, -0.25) is 19.4 Å². The van der Waals surface area contributed by atoms with Gasteiger partial charge in [-0.15, -0.1) is 0 Å². The molecule has 3 heterocycles. The van der Waals surface area contributed by atoms with E-state index in [-0.39, 0.29) is 23.0 Å². The fraction of sp³-hybridized carbons (Fsp3) is 0.400. The molecule has 8 nitrogen and oxygen atoms in total. The lowest BCUT2D eigenvalue weighted by atomic mass is 9.83. The zero-order valence-electron chi connectivity index (χ0n) is 32.8. The van der Waals surface area contributed by atoms with Gasteiger partial charge in [0.05, 0.1) is 0 Å². The number of likely N-dealkylation sites (N-methyl/N-ethyl adjacent to an activating group) is 4. The average molecular weight is 747 g/mol. The summed E-state index contributed by atoms with van der Waals surface area (Å²) in [7, 11) is 2.85. The minimum atomic E-state index is -0.645. The van der Waals surface area contributed by atoms with Crippen molar-refractivity contribution in [2.45, 2.75) is 84.5 Å². The number of aliphatic hydroxyl groups is 1. The number of nitrogens with zero attached hydrogens (tertiary/aromatic N) is 4. The third kappa shape index (κ3) is 6.62. The highest BCUT2D eigenvalue weighted by Crippen LogP contribution is 2.50. The highest BCUT2D eigenvalue weighted by molar-refractivity contribution is 6.31. The Kier molecular flexibility index (Phi) is 10.9. The van der Waals surface area contributed by atoms with Crippen molar-refractivity contribution >= 4 is 40.8 Å². The Morgan fingerprint density at radius 2 is 1.26 bits per heavy atom. The molecule has 0 radical (unpaired) electrons. The van der Waals surface area contributed by atoms with Crippen LogP contribution in [0.25, 0.3) is 0 Å². The number of unbranched alkanes of at least 4 members (excludes halogenated alkanes) is 2. The maximum atomic E-state index is 13.8. The number of carbonyl (C=O) groups excluding carboxylic acids is 3. The average Bonchev–Trinajstić information content (AvgIpc) is 3.71. The van der Waals surface area contributed by atoms with Crippen molar-refractivity contribution in [3.8, 4) is 11.8 Å². The molecule has 0 unspecified atom stereocenters. The molecule has 54 heavy (non-hydrogen) atoms. The molecular weight excluding hydrogens is 696 g/mol. The normalized spacial score (nSPS) is 22.0. The van der Waals surface area contributed by atoms with Gasteiger partial charge < -0.3 is 14.9 Å². The number of anilines is 2. The van der Waals surface area contributed by atoms with Crippen LogP contribution >= 0.6 is 11.6 Å². The molecule has 0 atom stereocenters. The van der Waals surface area contributed by atoms with E-state index in [9.17, 15) is 14.4 Å². The van der Waals surface area contributed by atoms with Gasteiger partial charge in [-0.25, -0.2) is 4.79 Å². The van der Waals surface area contributed by atoms with Crippen LogP contribution in [-0.4, -0.2) is 66.5 Å². The highest BCUT2D eigenvalue weighted by Gasteiger charge is 2.43. The number of imide groups is 2. The van der Waals surface area contributed by atoms with Gasteiger partial charge in [0, 0.05) is 84.4 Å². The first-order valence-electron chi connectivity index (χ1n) is 19.0. The summed E-state index contributed by atoms with van der Waals surface area (Å²) < 4.78 is 0. The van der Waals surface area contributed by atoms with Gasteiger partial charge in [0.25, 0.3) is 11.8 Å². The Bertz CT molecular complexity index is 2110. The Morgan fingerprint density at radius 1 is 0.741 bits per heavy atom. The molecule has 3 aliphatic heterocycles. The predicted molar refractivity (Wildman–Crippen MR) is 217 cm³/mol. The second kappa shape index (κ2) is 15.1. The summed E-state index contributed by atoms with van der Waals surface area (Å²) in [5.41, 5.74) is 9.46. The minimum Gasteiger partial charge on any atom is -0.396 e. The topological polar surface area (TPSA) is 84.4 Å². The lowest BCUT2D eigenvalue weighted by Crippen LogP contribution is -2.53. The van der Waals surface area contributed by atoms with Crippen LogP contribution in [0.1, 0.15) is 90.3 Å². The largest absolute Gasteiger partial charge is 0.396 e. The molecule has 0 bridgehead atoms. The number of carbonyl (C=O) groups is 3. The number of hydrogen-bond acceptors (Lipinski definition) is 6. The van der Waals surface area contributed by atoms with Gasteiger partial charge in [-0.2, -0.15) is 0 Å². The molecule has 0 aromatic heterocycles. The molecule has 2 fully saturated rings. The van der Waals surface area contributed by atoms with Crippen LogP contribution in [0.15, 0.2) is 94.4 Å². The van der Waals surface area contributed by atoms with E-state index in [4.69, 9.17) is 16.7 Å². The van der Waals surface area contributed by atoms with Gasteiger partial charge in [0.15, 0.2) is 0 Å². The molecule has 9 heteroatoms. The van der Waals surface area contributed by atoms with E-state index in [0.29, 0.717) is 23.4 Å². The minimum absolute atomic E-state index is 0.0167. The molecule has 1 aliphatic carbocycles. The van der Waals surface area contributed by atoms with Crippen LogP contribution in [0.4, 0.5) is 16.2 Å². The molecule has 1 saturated carbocycles. The van der Waals surface area contributed by atoms with E-state index in [1.54, 1.807) is 0 Å². The van der Waals surface area contributed by atoms with Crippen LogP contribution < -0.4 is 9.80 Å². The monoisotopic (exact) mass is 746 g/mol. The zero-order chi connectivity index (χ0) is 39.1. The number of allylic oxidation sites excluding steroid dienone is 9. The Labute approximate surface area is 325 Å². The number of barbiturate groups is 1. The lowest BCUT2D eigenvalue weighted by Gasteiger charge is -2.30. The number of urea groups is 1. The number of halogens is 1. The first-order valence-corrected chi connectivity index (χ1v) is 19.3. The first kappa shape index (κ1) is 38.9. The van der Waals surface area contributed by atoms with Gasteiger partial charge in [0.1, 0.15) is 5.57 Å². The number of benzene rings is 2. The van der Waals surface area contributed by atoms with E-state index in [2.05, 4.69) is 112 Å². The Balaban J connectivity index is 1.45. The molecule has 282 valence electrons. The van der Waals surface area contributed by atoms with Crippen molar-refractivity contribution < 1.29 is 19.5 Å². The SMILES string of the molecule is CCN1C(=CC=C2CCC(=CC=C3N(CC)c4ccc(C#CCCCCO)cc4C3(C)C)C2=C2C(=O)N(C)C(=O)N(C)C2=O)C(C)(C)c2cc(Cl)ccc21. The zero-order valence-corrected chi connectivity index (χ0v) is 33.5. The van der Waals surface area contributed by atoms with Crippen molar-refractivity contribution in [1.29, 1.82) is 0 Å². The van der Waals surface area contributed by atoms with Crippen LogP contribution in [-0.2, 0) is 20.4 Å². The molecule has 1 saturated heterocycles. The van der Waals surface area contributed by atoms with E-state index >= 15 is 0 Å². The number of amides is 4. The fourth-order valence-electron chi connectivity index (χ4n) is 8.35. The maximum Gasteiger partial charge on any atom is 0.333 e. The summed E-state index contributed by atoms with van der Waals surface area (Å²) >= 11 is 6.45. The number of fused-ring (bicyclic) bond motifs is 2. The fourth-order valence-corrected chi connectivity index (χ4v) is 8.52. The van der Waals surface area contributed by atoms with Crippen LogP contribution in [0.3, 0.4) is 0 Å². The number of rotatable bonds is 7. The predicted octanol–water partition coefficient (Wildman–Crippen LogP) is 8.55. The first-order chi connectivity index (χ1) is 25.7. The quantitative estimate of drug-likeness (QED) is 0.132. The van der Waals surface area contributed by atoms with Gasteiger partial charge >= 0.3 is 6.03 Å². The summed E-state index contributed by atoms with van der Waals surface area (Å²) in [6.07, 6.45) is 12.0. The summed E-state index contributed by atoms with van der Waals surface area (Å²) in [4.78, 5) is 47.2. The number of aliphatic hydroxyl groups excluding tert-OH is 1. The molecule has 4 amide bonds. The van der Waals surface area contributed by atoms with Crippen LogP contribution in [0.5, 0.6) is 0 Å². The summed E-state index contributed by atoms with van der Waals surface area (Å²) in [6.45, 7) is 14.8. The maximum absolute atomic E-state index is 13.8. The highest BCUT2D eigenvalue weighted by atomic mass is 35.5. The van der Waals surface area contributed by atoms with E-state index in [1.807, 2.05) is 12.1 Å². The Morgan fingerprint density at radius 3 is 1.78 bits per heavy atom. The standard InChI is InChI=1S/C45H51ClN4O4/c1-9-49-35-22-16-29(15-13-11-12-14-26-51)27-33(35)44(3,4)37(49)24-19-30-17-18-31(39(30)40-41(52)47(7)43(54)48(8)42(40)53)20-25-38-45(5,6)34-28-32(46)21-23-36(34)50(38)10-2/h16,19-25,27-28,51H,9-12,14,17-18,26H2,1-8H3. The second-order valence-electron chi connectivity index (χ2n) is 15.4. The molecule has 0 spiro atoms. The van der Waals surface area contributed by atoms with Crippen molar-refractivity contribution in [2.75, 3.05) is 43.6 Å². The van der Waals surface area contributed by atoms with Crippen molar-refractivity contribution in [3.63, 3.8) is 0 Å². The summed E-state index contributed by atoms with van der Waals surface area (Å²) in [5, 5.41) is 9.78. The van der Waals surface area contributed by atoms with Gasteiger partial charge in [-0.05, 0) is 116 Å². The van der Waals surface area contributed by atoms with Crippen LogP contribution in [0, 0.1) is 11.8 Å². The molecule has 6 rings (SSSR count). The Hall–Kier alpha value is -4.84. The molecule has 2 aromatic rings. The van der Waals surface area contributed by atoms with Crippen molar-refractivity contribution in [3.05, 3.63) is 116 Å². The van der Waals surface area contributed by atoms with Gasteiger partial charge in [-0.1, -0.05) is 63.3 Å². The van der Waals surface area contributed by atoms with Crippen molar-refractivity contribution in [2.24, 2.45) is 0 Å². The smallest absolute Gasteiger partial charge is 0.333 e. The van der Waals surface area contributed by atoms with E-state index < -0.39 is 17.8 Å². The molecular formula is C45H51ClN4O4. The molecule has 2 aromatic carbocycles. The lowest BCUT2D eigenvalue weighted by molar-refractivity contribution is -0.134. The second-order valence-corrected chi connectivity index (χ2v) is 15.8. The van der Waals surface area contributed by atoms with Crippen molar-refractivity contribution in [1.82, 2.24) is 9.80 Å². The van der Waals surface area contributed by atoms with Gasteiger partial charge in [0.2, 0.25) is 0 Å². The summed E-state index contributed by atoms with van der Waals surface area (Å²) in [6, 6.07) is 11.8. The van der Waals surface area contributed by atoms with E-state index in [1.165, 1.54) is 19.7 Å². The third-order valence-corrected chi connectivity index (χ3v) is 11.6. The third-order valence-electron chi connectivity index (χ3n) is 11.4. The summed E-state index contributed by atoms with van der Waals surface area (Å²) in [5.74, 6) is 5.37.